The Bertz CT molecular complexity index is 1280. The Morgan fingerprint density at radius 3 is 2.14 bits per heavy atom. The maximum absolute atomic E-state index is 13.2. The number of aryl methyl sites for hydroxylation is 1. The van der Waals surface area contributed by atoms with Crippen molar-refractivity contribution in [2.45, 2.75) is 30.7 Å². The van der Waals surface area contributed by atoms with Gasteiger partial charge in [0.1, 0.15) is 11.8 Å². The van der Waals surface area contributed by atoms with Crippen molar-refractivity contribution >= 4 is 15.9 Å². The number of sulfonamides is 1. The highest BCUT2D eigenvalue weighted by atomic mass is 32.2. The van der Waals surface area contributed by atoms with Crippen molar-refractivity contribution in [2.75, 3.05) is 27.9 Å². The lowest BCUT2D eigenvalue weighted by molar-refractivity contribution is -0.122. The summed E-state index contributed by atoms with van der Waals surface area (Å²) in [6.07, 6.45) is 0.742. The van der Waals surface area contributed by atoms with Gasteiger partial charge in [-0.25, -0.2) is 8.42 Å². The molecule has 1 unspecified atom stereocenters. The fraction of sp³-hybridized carbons (Fsp3) is 0.296. The first-order valence-electron chi connectivity index (χ1n) is 11.5. The van der Waals surface area contributed by atoms with Crippen LogP contribution in [-0.2, 0) is 27.7 Å². The Labute approximate surface area is 212 Å². The molecular weight excluding hydrogens is 480 g/mol. The average molecular weight is 513 g/mol. The van der Waals surface area contributed by atoms with E-state index in [1.54, 1.807) is 33.3 Å². The molecule has 0 fully saturated rings. The molecule has 36 heavy (non-hydrogen) atoms. The van der Waals surface area contributed by atoms with Gasteiger partial charge in [-0.1, -0.05) is 36.4 Å². The van der Waals surface area contributed by atoms with Crippen molar-refractivity contribution in [1.29, 1.82) is 0 Å². The van der Waals surface area contributed by atoms with Crippen LogP contribution in [0.25, 0.3) is 0 Å². The van der Waals surface area contributed by atoms with Gasteiger partial charge in [-0.05, 0) is 66.8 Å². The second-order valence-electron chi connectivity index (χ2n) is 8.23. The first-order chi connectivity index (χ1) is 17.3. The number of benzene rings is 3. The zero-order valence-corrected chi connectivity index (χ0v) is 21.7. The van der Waals surface area contributed by atoms with Crippen LogP contribution in [0.1, 0.15) is 16.7 Å². The number of rotatable bonds is 12. The van der Waals surface area contributed by atoms with E-state index in [0.29, 0.717) is 35.8 Å². The van der Waals surface area contributed by atoms with Crippen molar-refractivity contribution in [3.05, 3.63) is 83.4 Å². The zero-order valence-electron chi connectivity index (χ0n) is 20.9. The van der Waals surface area contributed by atoms with E-state index in [0.717, 1.165) is 11.1 Å². The fourth-order valence-electron chi connectivity index (χ4n) is 3.80. The van der Waals surface area contributed by atoms with Gasteiger partial charge in [0.2, 0.25) is 15.9 Å². The van der Waals surface area contributed by atoms with Gasteiger partial charge in [0, 0.05) is 6.54 Å². The molecule has 9 heteroatoms. The van der Waals surface area contributed by atoms with Gasteiger partial charge >= 0.3 is 0 Å². The van der Waals surface area contributed by atoms with E-state index in [2.05, 4.69) is 10.0 Å². The Morgan fingerprint density at radius 1 is 0.833 bits per heavy atom. The number of ether oxygens (including phenoxy) is 3. The third-order valence-corrected chi connectivity index (χ3v) is 7.20. The quantitative estimate of drug-likeness (QED) is 0.386. The highest BCUT2D eigenvalue weighted by Gasteiger charge is 2.26. The van der Waals surface area contributed by atoms with E-state index in [1.807, 2.05) is 42.5 Å². The van der Waals surface area contributed by atoms with Gasteiger partial charge in [0.05, 0.1) is 26.2 Å². The van der Waals surface area contributed by atoms with Crippen molar-refractivity contribution in [3.8, 4) is 17.2 Å². The van der Waals surface area contributed by atoms with Crippen LogP contribution in [0.4, 0.5) is 0 Å². The maximum Gasteiger partial charge on any atom is 0.241 e. The molecule has 0 aliphatic carbocycles. The van der Waals surface area contributed by atoms with Gasteiger partial charge < -0.3 is 19.5 Å². The molecule has 0 aliphatic heterocycles. The van der Waals surface area contributed by atoms with Crippen LogP contribution in [0.15, 0.2) is 71.6 Å². The van der Waals surface area contributed by atoms with Gasteiger partial charge in [0.15, 0.2) is 11.5 Å². The summed E-state index contributed by atoms with van der Waals surface area (Å²) in [5.41, 5.74) is 2.47. The monoisotopic (exact) mass is 512 g/mol. The van der Waals surface area contributed by atoms with Crippen LogP contribution in [0.5, 0.6) is 17.2 Å². The van der Waals surface area contributed by atoms with Gasteiger partial charge in [0.25, 0.3) is 0 Å². The topological polar surface area (TPSA) is 103 Å². The Kier molecular flexibility index (Phi) is 9.32. The highest BCUT2D eigenvalue weighted by molar-refractivity contribution is 7.89. The van der Waals surface area contributed by atoms with E-state index < -0.39 is 22.0 Å². The first kappa shape index (κ1) is 27.0. The molecule has 3 rings (SSSR count). The van der Waals surface area contributed by atoms with Crippen molar-refractivity contribution < 1.29 is 27.4 Å². The summed E-state index contributed by atoms with van der Waals surface area (Å²) in [4.78, 5) is 13.2. The van der Waals surface area contributed by atoms with Gasteiger partial charge in [-0.2, -0.15) is 4.72 Å². The van der Waals surface area contributed by atoms with Crippen LogP contribution in [0, 0.1) is 6.92 Å². The summed E-state index contributed by atoms with van der Waals surface area (Å²) in [5, 5.41) is 2.86. The minimum atomic E-state index is -3.96. The van der Waals surface area contributed by atoms with E-state index in [4.69, 9.17) is 14.2 Å². The molecule has 0 saturated carbocycles. The molecule has 0 spiro atoms. The lowest BCUT2D eigenvalue weighted by atomic mass is 10.1. The second-order valence-corrected chi connectivity index (χ2v) is 9.94. The summed E-state index contributed by atoms with van der Waals surface area (Å²) in [7, 11) is 0.694. The Morgan fingerprint density at radius 2 is 1.50 bits per heavy atom. The van der Waals surface area contributed by atoms with Crippen LogP contribution >= 0.6 is 0 Å². The number of carbonyl (C=O) groups is 1. The fourth-order valence-corrected chi connectivity index (χ4v) is 5.08. The molecule has 0 bridgehead atoms. The van der Waals surface area contributed by atoms with Gasteiger partial charge in [-0.15, -0.1) is 0 Å². The molecule has 0 heterocycles. The lowest BCUT2D eigenvalue weighted by Crippen LogP contribution is -2.48. The minimum Gasteiger partial charge on any atom is -0.496 e. The zero-order chi connectivity index (χ0) is 26.1. The Hall–Kier alpha value is -3.56. The molecule has 0 radical (unpaired) electrons. The van der Waals surface area contributed by atoms with Crippen molar-refractivity contribution in [2.24, 2.45) is 0 Å². The number of carbonyl (C=O) groups excluding carboxylic acids is 1. The van der Waals surface area contributed by atoms with E-state index in [1.165, 1.54) is 19.2 Å². The van der Waals surface area contributed by atoms with Gasteiger partial charge in [-0.3, -0.25) is 4.79 Å². The highest BCUT2D eigenvalue weighted by Crippen LogP contribution is 2.27. The predicted molar refractivity (Wildman–Crippen MR) is 138 cm³/mol. The molecule has 8 nitrogen and oxygen atoms in total. The summed E-state index contributed by atoms with van der Waals surface area (Å²) in [5.74, 6) is 1.40. The number of hydrogen-bond donors (Lipinski definition) is 2. The molecular formula is C27H32N2O6S. The van der Waals surface area contributed by atoms with Crippen molar-refractivity contribution in [1.82, 2.24) is 10.0 Å². The standard InChI is InChI=1S/C27H32N2O6S/c1-19-16-22(11-13-24(19)33-2)36(31,32)29-23(17-20-8-6-5-7-9-20)27(30)28-15-14-21-10-12-25(34-3)26(18-21)35-4/h5-13,16,18,23,29H,14-15,17H2,1-4H3,(H,28,30). The molecule has 3 aromatic carbocycles. The second kappa shape index (κ2) is 12.4. The summed E-state index contributed by atoms with van der Waals surface area (Å²) < 4.78 is 44.7. The Balaban J connectivity index is 1.74. The largest absolute Gasteiger partial charge is 0.496 e. The first-order valence-corrected chi connectivity index (χ1v) is 12.9. The number of nitrogens with one attached hydrogen (secondary N) is 2. The normalized spacial score (nSPS) is 12.0. The molecule has 2 N–H and O–H groups in total. The minimum absolute atomic E-state index is 0.0667. The molecule has 0 saturated heterocycles. The molecule has 3 aromatic rings. The molecule has 1 amide bonds. The van der Waals surface area contributed by atoms with Crippen LogP contribution in [0.3, 0.4) is 0 Å². The summed E-state index contributed by atoms with van der Waals surface area (Å²) in [6.45, 7) is 2.09. The average Bonchev–Trinajstić information content (AvgIpc) is 2.88. The summed E-state index contributed by atoms with van der Waals surface area (Å²) >= 11 is 0. The van der Waals surface area contributed by atoms with Crippen molar-refractivity contribution in [3.63, 3.8) is 0 Å². The molecule has 0 aromatic heterocycles. The molecule has 0 aliphatic rings. The van der Waals surface area contributed by atoms with Crippen LogP contribution in [0.2, 0.25) is 0 Å². The lowest BCUT2D eigenvalue weighted by Gasteiger charge is -2.19. The third kappa shape index (κ3) is 6.99. The van der Waals surface area contributed by atoms with Crippen LogP contribution < -0.4 is 24.2 Å². The van der Waals surface area contributed by atoms with E-state index in [9.17, 15) is 13.2 Å². The number of hydrogen-bond acceptors (Lipinski definition) is 6. The van der Waals surface area contributed by atoms with E-state index in [-0.39, 0.29) is 11.3 Å². The number of methoxy groups -OCH3 is 3. The smallest absolute Gasteiger partial charge is 0.241 e. The molecule has 1 atom stereocenters. The maximum atomic E-state index is 13.2. The third-order valence-electron chi connectivity index (χ3n) is 5.73. The molecule has 192 valence electrons. The number of amides is 1. The van der Waals surface area contributed by atoms with E-state index >= 15 is 0 Å². The summed E-state index contributed by atoms with van der Waals surface area (Å²) in [6, 6.07) is 18.4. The predicted octanol–water partition coefficient (Wildman–Crippen LogP) is 3.27. The van der Waals surface area contributed by atoms with Crippen LogP contribution in [-0.4, -0.2) is 48.2 Å². The SMILES string of the molecule is COc1ccc(S(=O)(=O)NC(Cc2ccccc2)C(=O)NCCc2ccc(OC)c(OC)c2)cc1C.